The van der Waals surface area contributed by atoms with Crippen LogP contribution in [0.5, 0.6) is 5.75 Å². The number of aryl methyl sites for hydroxylation is 4. The summed E-state index contributed by atoms with van der Waals surface area (Å²) in [5.41, 5.74) is 4.61. The highest BCUT2D eigenvalue weighted by atomic mass is 16.5. The second kappa shape index (κ2) is 9.85. The predicted octanol–water partition coefficient (Wildman–Crippen LogP) is 3.32. The smallest absolute Gasteiger partial charge is 0.380 e. The van der Waals surface area contributed by atoms with Gasteiger partial charge in [0.05, 0.1) is 18.4 Å². The maximum absolute atomic E-state index is 12.7. The number of ketones is 2. The van der Waals surface area contributed by atoms with E-state index >= 15 is 0 Å². The summed E-state index contributed by atoms with van der Waals surface area (Å²) in [6.07, 6.45) is 0.793. The lowest BCUT2D eigenvalue weighted by atomic mass is 10.1. The minimum Gasteiger partial charge on any atom is -0.497 e. The maximum atomic E-state index is 12.7. The summed E-state index contributed by atoms with van der Waals surface area (Å²) < 4.78 is 13.8. The molecule has 0 saturated carbocycles. The Labute approximate surface area is 193 Å². The molecule has 0 aliphatic rings. The van der Waals surface area contributed by atoms with Crippen LogP contribution >= 0.6 is 0 Å². The second-order valence-corrected chi connectivity index (χ2v) is 8.03. The molecular formula is C25H29N3O5. The van der Waals surface area contributed by atoms with Gasteiger partial charge in [-0.1, -0.05) is 12.1 Å². The second-order valence-electron chi connectivity index (χ2n) is 8.03. The van der Waals surface area contributed by atoms with Crippen LogP contribution in [0.15, 0.2) is 30.3 Å². The third kappa shape index (κ3) is 5.05. The molecule has 0 bridgehead atoms. The molecule has 0 spiro atoms. The van der Waals surface area contributed by atoms with Crippen molar-refractivity contribution in [2.75, 3.05) is 13.7 Å². The van der Waals surface area contributed by atoms with Crippen molar-refractivity contribution in [1.29, 1.82) is 0 Å². The van der Waals surface area contributed by atoms with Crippen molar-refractivity contribution in [1.82, 2.24) is 14.3 Å². The molecule has 0 N–H and O–H groups in total. The van der Waals surface area contributed by atoms with Crippen LogP contribution in [0.1, 0.15) is 49.1 Å². The Hall–Kier alpha value is -3.68. The Balaban J connectivity index is 1.64. The van der Waals surface area contributed by atoms with Gasteiger partial charge in [-0.05, 0) is 57.9 Å². The number of aromatic nitrogens is 3. The number of rotatable bonds is 9. The van der Waals surface area contributed by atoms with Gasteiger partial charge in [0.15, 0.2) is 6.61 Å². The molecule has 33 heavy (non-hydrogen) atoms. The first-order chi connectivity index (χ1) is 15.6. The molecule has 0 radical (unpaired) electrons. The summed E-state index contributed by atoms with van der Waals surface area (Å²) in [5, 5.41) is 4.14. The number of Topliss-reactive ketones (excluding diaryl/α,β-unsaturated/α-hetero) is 2. The Morgan fingerprint density at radius 3 is 2.24 bits per heavy atom. The number of carbonyl (C=O) groups is 3. The van der Waals surface area contributed by atoms with Crippen LogP contribution < -0.4 is 4.74 Å². The molecule has 3 aromatic rings. The average Bonchev–Trinajstić information content (AvgIpc) is 3.23. The molecule has 0 atom stereocenters. The zero-order valence-electron chi connectivity index (χ0n) is 19.9. The fraction of sp³-hybridized carbons (Fsp3) is 0.360. The number of hydrogen-bond acceptors (Lipinski definition) is 6. The van der Waals surface area contributed by atoms with Crippen molar-refractivity contribution >= 4 is 17.5 Å². The van der Waals surface area contributed by atoms with Crippen LogP contribution in [0.25, 0.3) is 0 Å². The summed E-state index contributed by atoms with van der Waals surface area (Å²) in [7, 11) is 3.33. The van der Waals surface area contributed by atoms with Crippen LogP contribution in [0, 0.1) is 27.7 Å². The molecule has 0 unspecified atom stereocenters. The first kappa shape index (κ1) is 24.0. The Kier molecular flexibility index (Phi) is 7.16. The summed E-state index contributed by atoms with van der Waals surface area (Å²) in [5.74, 6) is -1.40. The van der Waals surface area contributed by atoms with Crippen molar-refractivity contribution in [2.24, 2.45) is 7.05 Å². The summed E-state index contributed by atoms with van der Waals surface area (Å²) in [6.45, 7) is 7.36. The van der Waals surface area contributed by atoms with E-state index in [1.807, 2.05) is 38.1 Å². The minimum absolute atomic E-state index is 0.214. The van der Waals surface area contributed by atoms with Gasteiger partial charge in [0.1, 0.15) is 5.75 Å². The Morgan fingerprint density at radius 1 is 1.00 bits per heavy atom. The maximum Gasteiger partial charge on any atom is 0.380 e. The number of benzene rings is 1. The number of hydrogen-bond donors (Lipinski definition) is 0. The largest absolute Gasteiger partial charge is 0.497 e. The monoisotopic (exact) mass is 451 g/mol. The van der Waals surface area contributed by atoms with Crippen molar-refractivity contribution in [3.63, 3.8) is 0 Å². The standard InChI is InChI=1S/C25H29N3O5/c1-15-13-21(17(3)28(15)12-11-19-7-9-20(32-6)10-8-19)22(29)14-33-25(31)24(30)23-16(2)26-27(5)18(23)4/h7-10,13H,11-12,14H2,1-6H3. The van der Waals surface area contributed by atoms with Gasteiger partial charge >= 0.3 is 5.97 Å². The summed E-state index contributed by atoms with van der Waals surface area (Å²) >= 11 is 0. The highest BCUT2D eigenvalue weighted by Crippen LogP contribution is 2.19. The number of nitrogens with zero attached hydrogens (tertiary/aromatic N) is 3. The van der Waals surface area contributed by atoms with Gasteiger partial charge in [0.25, 0.3) is 5.78 Å². The molecule has 3 rings (SSSR count). The van der Waals surface area contributed by atoms with E-state index in [0.717, 1.165) is 29.1 Å². The average molecular weight is 452 g/mol. The fourth-order valence-electron chi connectivity index (χ4n) is 3.94. The zero-order chi connectivity index (χ0) is 24.3. The first-order valence-electron chi connectivity index (χ1n) is 10.7. The van der Waals surface area contributed by atoms with Crippen LogP contribution in [0.3, 0.4) is 0 Å². The van der Waals surface area contributed by atoms with Crippen LogP contribution in [0.4, 0.5) is 0 Å². The van der Waals surface area contributed by atoms with Crippen molar-refractivity contribution in [2.45, 2.75) is 40.7 Å². The van der Waals surface area contributed by atoms with E-state index in [-0.39, 0.29) is 11.3 Å². The van der Waals surface area contributed by atoms with Gasteiger partial charge in [-0.25, -0.2) is 4.79 Å². The molecule has 0 amide bonds. The van der Waals surface area contributed by atoms with Crippen LogP contribution in [-0.2, 0) is 29.5 Å². The van der Waals surface area contributed by atoms with E-state index in [1.54, 1.807) is 34.1 Å². The first-order valence-corrected chi connectivity index (χ1v) is 10.7. The molecule has 8 heteroatoms. The van der Waals surface area contributed by atoms with Gasteiger partial charge in [-0.15, -0.1) is 0 Å². The van der Waals surface area contributed by atoms with Crippen molar-refractivity contribution in [3.05, 3.63) is 69.8 Å². The predicted molar refractivity (Wildman–Crippen MR) is 123 cm³/mol. The van der Waals surface area contributed by atoms with E-state index in [2.05, 4.69) is 9.67 Å². The van der Waals surface area contributed by atoms with Gasteiger partial charge in [-0.3, -0.25) is 14.3 Å². The van der Waals surface area contributed by atoms with Crippen molar-refractivity contribution in [3.8, 4) is 5.75 Å². The van der Waals surface area contributed by atoms with Gasteiger partial charge in [-0.2, -0.15) is 5.10 Å². The molecule has 2 heterocycles. The Morgan fingerprint density at radius 2 is 1.67 bits per heavy atom. The fourth-order valence-corrected chi connectivity index (χ4v) is 3.94. The highest BCUT2D eigenvalue weighted by Gasteiger charge is 2.26. The molecular weight excluding hydrogens is 422 g/mol. The molecule has 0 aliphatic heterocycles. The highest BCUT2D eigenvalue weighted by molar-refractivity contribution is 6.41. The zero-order valence-corrected chi connectivity index (χ0v) is 19.9. The van der Waals surface area contributed by atoms with E-state index in [9.17, 15) is 14.4 Å². The lowest BCUT2D eigenvalue weighted by molar-refractivity contribution is -0.137. The third-order valence-electron chi connectivity index (χ3n) is 5.91. The number of esters is 1. The molecule has 8 nitrogen and oxygen atoms in total. The van der Waals surface area contributed by atoms with Gasteiger partial charge in [0, 0.05) is 36.2 Å². The number of carbonyl (C=O) groups excluding carboxylic acids is 3. The van der Waals surface area contributed by atoms with E-state index in [0.29, 0.717) is 23.5 Å². The SMILES string of the molecule is COc1ccc(CCn2c(C)cc(C(=O)COC(=O)C(=O)c3c(C)nn(C)c3C)c2C)cc1. The van der Waals surface area contributed by atoms with E-state index in [1.165, 1.54) is 4.68 Å². The Bertz CT molecular complexity index is 1200. The van der Waals surface area contributed by atoms with Crippen LogP contribution in [-0.4, -0.2) is 45.6 Å². The number of methoxy groups -OCH3 is 1. The van der Waals surface area contributed by atoms with E-state index < -0.39 is 18.4 Å². The van der Waals surface area contributed by atoms with E-state index in [4.69, 9.17) is 9.47 Å². The lowest BCUT2D eigenvalue weighted by Crippen LogP contribution is -2.22. The number of ether oxygens (including phenoxy) is 2. The normalized spacial score (nSPS) is 10.8. The molecule has 0 fully saturated rings. The van der Waals surface area contributed by atoms with Gasteiger partial charge < -0.3 is 14.0 Å². The summed E-state index contributed by atoms with van der Waals surface area (Å²) in [4.78, 5) is 37.5. The van der Waals surface area contributed by atoms with Crippen LogP contribution in [0.2, 0.25) is 0 Å². The van der Waals surface area contributed by atoms with Gasteiger partial charge in [0.2, 0.25) is 5.78 Å². The quantitative estimate of drug-likeness (QED) is 0.282. The lowest BCUT2D eigenvalue weighted by Gasteiger charge is -2.10. The molecule has 174 valence electrons. The van der Waals surface area contributed by atoms with Crippen molar-refractivity contribution < 1.29 is 23.9 Å². The molecule has 1 aromatic carbocycles. The molecule has 2 aromatic heterocycles. The molecule has 0 saturated heterocycles. The summed E-state index contributed by atoms with van der Waals surface area (Å²) in [6, 6.07) is 9.66. The molecule has 0 aliphatic carbocycles. The minimum atomic E-state index is -1.06. The topological polar surface area (TPSA) is 92.4 Å². The third-order valence-corrected chi connectivity index (χ3v) is 5.91.